The minimum atomic E-state index is -0.336. The van der Waals surface area contributed by atoms with Crippen molar-refractivity contribution in [3.05, 3.63) is 65.2 Å². The average molecular weight is 268 g/mol. The van der Waals surface area contributed by atoms with E-state index in [0.29, 0.717) is 11.3 Å². The standard InChI is InChI=1S/C17H16O3/c1-19-16-10-8-12-7-9-14(11-15(12)16)20-17(18)13-5-3-2-4-6-13/h2-7,9,11,16H,8,10H2,1H3. The van der Waals surface area contributed by atoms with E-state index in [1.165, 1.54) is 5.56 Å². The number of hydrogen-bond donors (Lipinski definition) is 0. The summed E-state index contributed by atoms with van der Waals surface area (Å²) in [5.41, 5.74) is 2.96. The summed E-state index contributed by atoms with van der Waals surface area (Å²) >= 11 is 0. The summed E-state index contributed by atoms with van der Waals surface area (Å²) in [5, 5.41) is 0. The molecule has 1 unspecified atom stereocenters. The van der Waals surface area contributed by atoms with Crippen molar-refractivity contribution in [1.29, 1.82) is 0 Å². The largest absolute Gasteiger partial charge is 0.423 e. The molecular weight excluding hydrogens is 252 g/mol. The molecule has 0 bridgehead atoms. The molecule has 3 nitrogen and oxygen atoms in total. The number of rotatable bonds is 3. The van der Waals surface area contributed by atoms with Crippen LogP contribution in [0.1, 0.15) is 34.0 Å². The van der Waals surface area contributed by atoms with E-state index >= 15 is 0 Å². The van der Waals surface area contributed by atoms with E-state index in [2.05, 4.69) is 0 Å². The van der Waals surface area contributed by atoms with E-state index in [4.69, 9.17) is 9.47 Å². The van der Waals surface area contributed by atoms with Gasteiger partial charge < -0.3 is 9.47 Å². The Morgan fingerprint density at radius 1 is 1.15 bits per heavy atom. The smallest absolute Gasteiger partial charge is 0.343 e. The lowest BCUT2D eigenvalue weighted by atomic mass is 10.1. The van der Waals surface area contributed by atoms with Crippen molar-refractivity contribution in [2.45, 2.75) is 18.9 Å². The normalized spacial score (nSPS) is 16.8. The predicted molar refractivity (Wildman–Crippen MR) is 75.9 cm³/mol. The highest BCUT2D eigenvalue weighted by atomic mass is 16.5. The van der Waals surface area contributed by atoms with E-state index in [9.17, 15) is 4.79 Å². The van der Waals surface area contributed by atoms with Gasteiger partial charge in [-0.05, 0) is 48.2 Å². The zero-order valence-corrected chi connectivity index (χ0v) is 11.3. The first-order valence-corrected chi connectivity index (χ1v) is 6.71. The molecule has 0 fully saturated rings. The zero-order chi connectivity index (χ0) is 13.9. The summed E-state index contributed by atoms with van der Waals surface area (Å²) in [6.45, 7) is 0. The molecule has 3 heteroatoms. The van der Waals surface area contributed by atoms with Gasteiger partial charge in [-0.25, -0.2) is 4.79 Å². The minimum Gasteiger partial charge on any atom is -0.423 e. The Morgan fingerprint density at radius 2 is 1.95 bits per heavy atom. The second-order valence-electron chi connectivity index (χ2n) is 4.88. The highest BCUT2D eigenvalue weighted by molar-refractivity contribution is 5.91. The van der Waals surface area contributed by atoms with Gasteiger partial charge in [0.1, 0.15) is 5.75 Å². The van der Waals surface area contributed by atoms with Gasteiger partial charge in [-0.2, -0.15) is 0 Å². The first kappa shape index (κ1) is 12.9. The maximum absolute atomic E-state index is 12.0. The third-order valence-electron chi connectivity index (χ3n) is 3.64. The molecule has 3 rings (SSSR count). The van der Waals surface area contributed by atoms with Crippen molar-refractivity contribution in [3.8, 4) is 5.75 Å². The van der Waals surface area contributed by atoms with Crippen molar-refractivity contribution in [2.75, 3.05) is 7.11 Å². The molecular formula is C17H16O3. The Hall–Kier alpha value is -2.13. The van der Waals surface area contributed by atoms with Crippen LogP contribution in [0.5, 0.6) is 5.75 Å². The second-order valence-corrected chi connectivity index (χ2v) is 4.88. The molecule has 0 saturated carbocycles. The van der Waals surface area contributed by atoms with Gasteiger partial charge in [0, 0.05) is 7.11 Å². The van der Waals surface area contributed by atoms with E-state index in [1.807, 2.05) is 36.4 Å². The summed E-state index contributed by atoms with van der Waals surface area (Å²) in [6.07, 6.45) is 2.11. The number of benzene rings is 2. The monoisotopic (exact) mass is 268 g/mol. The topological polar surface area (TPSA) is 35.5 Å². The summed E-state index contributed by atoms with van der Waals surface area (Å²) in [6, 6.07) is 14.8. The number of hydrogen-bond acceptors (Lipinski definition) is 3. The first-order chi connectivity index (χ1) is 9.78. The molecule has 0 amide bonds. The summed E-state index contributed by atoms with van der Waals surface area (Å²) < 4.78 is 10.9. The van der Waals surface area contributed by atoms with Gasteiger partial charge in [-0.1, -0.05) is 24.3 Å². The van der Waals surface area contributed by atoms with Crippen LogP contribution in [0.2, 0.25) is 0 Å². The maximum atomic E-state index is 12.0. The third-order valence-corrected chi connectivity index (χ3v) is 3.64. The SMILES string of the molecule is COC1CCc2ccc(OC(=O)c3ccccc3)cc21. The van der Waals surface area contributed by atoms with Crippen LogP contribution < -0.4 is 4.74 Å². The highest BCUT2D eigenvalue weighted by Crippen LogP contribution is 2.35. The third kappa shape index (κ3) is 2.45. The molecule has 0 spiro atoms. The highest BCUT2D eigenvalue weighted by Gasteiger charge is 2.23. The molecule has 0 aliphatic heterocycles. The Balaban J connectivity index is 1.81. The molecule has 0 radical (unpaired) electrons. The van der Waals surface area contributed by atoms with Crippen molar-refractivity contribution in [3.63, 3.8) is 0 Å². The van der Waals surface area contributed by atoms with Gasteiger partial charge in [0.15, 0.2) is 0 Å². The van der Waals surface area contributed by atoms with Crippen LogP contribution in [0.4, 0.5) is 0 Å². The summed E-state index contributed by atoms with van der Waals surface area (Å²) in [7, 11) is 1.71. The van der Waals surface area contributed by atoms with Crippen LogP contribution in [0.3, 0.4) is 0 Å². The molecule has 102 valence electrons. The van der Waals surface area contributed by atoms with E-state index in [0.717, 1.165) is 18.4 Å². The van der Waals surface area contributed by atoms with E-state index in [-0.39, 0.29) is 12.1 Å². The molecule has 20 heavy (non-hydrogen) atoms. The maximum Gasteiger partial charge on any atom is 0.343 e. The van der Waals surface area contributed by atoms with Crippen molar-refractivity contribution in [1.82, 2.24) is 0 Å². The molecule has 1 aliphatic carbocycles. The van der Waals surface area contributed by atoms with Crippen molar-refractivity contribution in [2.24, 2.45) is 0 Å². The first-order valence-electron chi connectivity index (χ1n) is 6.71. The fraction of sp³-hybridized carbons (Fsp3) is 0.235. The van der Waals surface area contributed by atoms with Gasteiger partial charge in [0.25, 0.3) is 0 Å². The summed E-state index contributed by atoms with van der Waals surface area (Å²) in [4.78, 5) is 12.0. The van der Waals surface area contributed by atoms with Gasteiger partial charge in [-0.15, -0.1) is 0 Å². The lowest BCUT2D eigenvalue weighted by molar-refractivity contribution is 0.0733. The number of esters is 1. The van der Waals surface area contributed by atoms with Crippen LogP contribution in [0, 0.1) is 0 Å². The van der Waals surface area contributed by atoms with Crippen LogP contribution in [-0.4, -0.2) is 13.1 Å². The van der Waals surface area contributed by atoms with Crippen LogP contribution in [0.15, 0.2) is 48.5 Å². The van der Waals surface area contributed by atoms with Gasteiger partial charge in [-0.3, -0.25) is 0 Å². The molecule has 1 aliphatic rings. The second kappa shape index (κ2) is 5.47. The average Bonchev–Trinajstić information content (AvgIpc) is 2.90. The van der Waals surface area contributed by atoms with Gasteiger partial charge in [0.05, 0.1) is 11.7 Å². The van der Waals surface area contributed by atoms with Crippen molar-refractivity contribution >= 4 is 5.97 Å². The van der Waals surface area contributed by atoms with E-state index in [1.54, 1.807) is 19.2 Å². The molecule has 2 aromatic rings. The minimum absolute atomic E-state index is 0.111. The number of carbonyl (C=O) groups is 1. The zero-order valence-electron chi connectivity index (χ0n) is 11.3. The molecule has 0 N–H and O–H groups in total. The molecule has 0 saturated heterocycles. The van der Waals surface area contributed by atoms with Gasteiger partial charge in [0.2, 0.25) is 0 Å². The number of fused-ring (bicyclic) bond motifs is 1. The summed E-state index contributed by atoms with van der Waals surface area (Å²) in [5.74, 6) is 0.235. The Kier molecular flexibility index (Phi) is 3.52. The molecule has 1 atom stereocenters. The fourth-order valence-corrected chi connectivity index (χ4v) is 2.59. The Labute approximate surface area is 118 Å². The van der Waals surface area contributed by atoms with Crippen LogP contribution in [0.25, 0.3) is 0 Å². The fourth-order valence-electron chi connectivity index (χ4n) is 2.59. The lowest BCUT2D eigenvalue weighted by Crippen LogP contribution is -2.08. The van der Waals surface area contributed by atoms with Crippen LogP contribution >= 0.6 is 0 Å². The van der Waals surface area contributed by atoms with Gasteiger partial charge >= 0.3 is 5.97 Å². The molecule has 0 aromatic heterocycles. The quantitative estimate of drug-likeness (QED) is 0.631. The number of aryl methyl sites for hydroxylation is 1. The predicted octanol–water partition coefficient (Wildman–Crippen LogP) is 3.54. The number of carbonyl (C=O) groups excluding carboxylic acids is 1. The number of methoxy groups -OCH3 is 1. The van der Waals surface area contributed by atoms with Crippen LogP contribution in [-0.2, 0) is 11.2 Å². The Morgan fingerprint density at radius 3 is 2.70 bits per heavy atom. The molecule has 0 heterocycles. The Bertz CT molecular complexity index is 619. The van der Waals surface area contributed by atoms with E-state index < -0.39 is 0 Å². The van der Waals surface area contributed by atoms with Crippen molar-refractivity contribution < 1.29 is 14.3 Å². The lowest BCUT2D eigenvalue weighted by Gasteiger charge is -2.11. The molecule has 2 aromatic carbocycles. The number of ether oxygens (including phenoxy) is 2.